The van der Waals surface area contributed by atoms with E-state index in [0.29, 0.717) is 6.04 Å². The van der Waals surface area contributed by atoms with E-state index < -0.39 is 0 Å². The predicted octanol–water partition coefficient (Wildman–Crippen LogP) is 4.06. The van der Waals surface area contributed by atoms with Crippen molar-refractivity contribution in [3.8, 4) is 0 Å². The predicted molar refractivity (Wildman–Crippen MR) is 72.9 cm³/mol. The lowest BCUT2D eigenvalue weighted by molar-refractivity contribution is 0.840. The van der Waals surface area contributed by atoms with Crippen molar-refractivity contribution in [2.45, 2.75) is 54.5 Å². The van der Waals surface area contributed by atoms with Gasteiger partial charge in [0.2, 0.25) is 0 Å². The van der Waals surface area contributed by atoms with Crippen LogP contribution < -0.4 is 0 Å². The largest absolute Gasteiger partial charge is 0.290 e. The first-order chi connectivity index (χ1) is 7.36. The molecule has 0 heterocycles. The average Bonchev–Trinajstić information content (AvgIpc) is 2.23. The highest BCUT2D eigenvalue weighted by molar-refractivity contribution is 5.85. The standard InChI is InChI=1S/C15H23N/c1-9(2)16-8-15-13(6)11(4)10(3)12(5)14(15)7/h8-9H,1-7H3. The number of benzene rings is 1. The Bertz CT molecular complexity index is 397. The van der Waals surface area contributed by atoms with Gasteiger partial charge in [-0.05, 0) is 81.8 Å². The van der Waals surface area contributed by atoms with E-state index in [1.165, 1.54) is 33.4 Å². The van der Waals surface area contributed by atoms with Crippen LogP contribution in [-0.4, -0.2) is 12.3 Å². The van der Waals surface area contributed by atoms with Crippen LogP contribution in [0.3, 0.4) is 0 Å². The van der Waals surface area contributed by atoms with Crippen LogP contribution >= 0.6 is 0 Å². The molecule has 0 bridgehead atoms. The van der Waals surface area contributed by atoms with E-state index in [9.17, 15) is 0 Å². The lowest BCUT2D eigenvalue weighted by atomic mass is 9.90. The molecule has 0 saturated carbocycles. The van der Waals surface area contributed by atoms with Gasteiger partial charge in [0.15, 0.2) is 0 Å². The van der Waals surface area contributed by atoms with Crippen LogP contribution in [0.15, 0.2) is 4.99 Å². The monoisotopic (exact) mass is 217 g/mol. The molecule has 0 radical (unpaired) electrons. The first kappa shape index (κ1) is 13.0. The normalized spacial score (nSPS) is 11.8. The van der Waals surface area contributed by atoms with Crippen molar-refractivity contribution in [2.75, 3.05) is 0 Å². The first-order valence-electron chi connectivity index (χ1n) is 5.96. The van der Waals surface area contributed by atoms with Gasteiger partial charge in [0, 0.05) is 12.3 Å². The Hall–Kier alpha value is -1.11. The summed E-state index contributed by atoms with van der Waals surface area (Å²) in [6.45, 7) is 15.2. The van der Waals surface area contributed by atoms with Crippen molar-refractivity contribution in [2.24, 2.45) is 4.99 Å². The van der Waals surface area contributed by atoms with Crippen LogP contribution in [-0.2, 0) is 0 Å². The molecule has 0 aliphatic rings. The fraction of sp³-hybridized carbons (Fsp3) is 0.533. The van der Waals surface area contributed by atoms with Crippen LogP contribution in [0.2, 0.25) is 0 Å². The molecule has 1 nitrogen and oxygen atoms in total. The second-order valence-electron chi connectivity index (χ2n) is 4.91. The molecule has 0 saturated heterocycles. The lowest BCUT2D eigenvalue weighted by Crippen LogP contribution is -2.03. The maximum atomic E-state index is 4.50. The molecule has 0 amide bonds. The van der Waals surface area contributed by atoms with Crippen molar-refractivity contribution in [1.29, 1.82) is 0 Å². The van der Waals surface area contributed by atoms with E-state index in [1.54, 1.807) is 0 Å². The Morgan fingerprint density at radius 2 is 1.12 bits per heavy atom. The summed E-state index contributed by atoms with van der Waals surface area (Å²) < 4.78 is 0. The van der Waals surface area contributed by atoms with E-state index in [1.807, 2.05) is 6.21 Å². The summed E-state index contributed by atoms with van der Waals surface area (Å²) in [5.74, 6) is 0. The molecule has 1 rings (SSSR count). The van der Waals surface area contributed by atoms with Gasteiger partial charge in [0.1, 0.15) is 0 Å². The highest BCUT2D eigenvalue weighted by atomic mass is 14.7. The molecular weight excluding hydrogens is 194 g/mol. The summed E-state index contributed by atoms with van der Waals surface area (Å²) >= 11 is 0. The number of aliphatic imine (C=N–C) groups is 1. The van der Waals surface area contributed by atoms with Crippen molar-refractivity contribution < 1.29 is 0 Å². The van der Waals surface area contributed by atoms with E-state index in [0.717, 1.165) is 0 Å². The molecule has 0 aromatic heterocycles. The van der Waals surface area contributed by atoms with Gasteiger partial charge in [-0.2, -0.15) is 0 Å². The smallest absolute Gasteiger partial charge is 0.0443 e. The molecule has 0 unspecified atom stereocenters. The van der Waals surface area contributed by atoms with Crippen molar-refractivity contribution in [1.82, 2.24) is 0 Å². The van der Waals surface area contributed by atoms with Gasteiger partial charge in [0.05, 0.1) is 0 Å². The van der Waals surface area contributed by atoms with Gasteiger partial charge >= 0.3 is 0 Å². The zero-order valence-corrected chi connectivity index (χ0v) is 11.6. The van der Waals surface area contributed by atoms with Gasteiger partial charge in [-0.25, -0.2) is 0 Å². The maximum Gasteiger partial charge on any atom is 0.0443 e. The molecule has 0 N–H and O–H groups in total. The molecular formula is C15H23N. The number of hydrogen-bond donors (Lipinski definition) is 0. The molecule has 0 aliphatic heterocycles. The minimum absolute atomic E-state index is 0.362. The highest BCUT2D eigenvalue weighted by Gasteiger charge is 2.10. The van der Waals surface area contributed by atoms with Crippen LogP contribution in [0.4, 0.5) is 0 Å². The maximum absolute atomic E-state index is 4.50. The summed E-state index contributed by atoms with van der Waals surface area (Å²) in [7, 11) is 0. The molecule has 0 spiro atoms. The van der Waals surface area contributed by atoms with Crippen LogP contribution in [0, 0.1) is 34.6 Å². The number of hydrogen-bond acceptors (Lipinski definition) is 1. The molecule has 0 fully saturated rings. The molecule has 1 aromatic carbocycles. The van der Waals surface area contributed by atoms with Gasteiger partial charge in [0.25, 0.3) is 0 Å². The molecule has 88 valence electrons. The Morgan fingerprint density at radius 3 is 1.50 bits per heavy atom. The average molecular weight is 217 g/mol. The van der Waals surface area contributed by atoms with Crippen molar-refractivity contribution in [3.05, 3.63) is 33.4 Å². The highest BCUT2D eigenvalue weighted by Crippen LogP contribution is 2.24. The Kier molecular flexibility index (Phi) is 3.90. The Balaban J connectivity index is 3.40. The molecule has 1 heteroatoms. The SMILES string of the molecule is Cc1c(C)c(C)c(C=NC(C)C)c(C)c1C. The number of rotatable bonds is 2. The van der Waals surface area contributed by atoms with Crippen molar-refractivity contribution in [3.63, 3.8) is 0 Å². The van der Waals surface area contributed by atoms with Gasteiger partial charge in [-0.15, -0.1) is 0 Å². The van der Waals surface area contributed by atoms with E-state index in [4.69, 9.17) is 0 Å². The number of nitrogens with zero attached hydrogens (tertiary/aromatic N) is 1. The first-order valence-corrected chi connectivity index (χ1v) is 5.96. The summed E-state index contributed by atoms with van der Waals surface area (Å²) in [5.41, 5.74) is 8.24. The molecule has 0 aliphatic carbocycles. The third-order valence-corrected chi connectivity index (χ3v) is 3.56. The minimum atomic E-state index is 0.362. The van der Waals surface area contributed by atoms with Crippen LogP contribution in [0.5, 0.6) is 0 Å². The molecule has 1 aromatic rings. The Labute approximate surface area is 99.6 Å². The molecule has 16 heavy (non-hydrogen) atoms. The lowest BCUT2D eigenvalue weighted by Gasteiger charge is -2.16. The van der Waals surface area contributed by atoms with E-state index >= 15 is 0 Å². The fourth-order valence-corrected chi connectivity index (χ4v) is 1.95. The topological polar surface area (TPSA) is 12.4 Å². The van der Waals surface area contributed by atoms with E-state index in [-0.39, 0.29) is 0 Å². The van der Waals surface area contributed by atoms with Crippen LogP contribution in [0.25, 0.3) is 0 Å². The van der Waals surface area contributed by atoms with Crippen molar-refractivity contribution >= 4 is 6.21 Å². The van der Waals surface area contributed by atoms with Gasteiger partial charge < -0.3 is 0 Å². The summed E-state index contributed by atoms with van der Waals surface area (Å²) in [6, 6.07) is 0.362. The summed E-state index contributed by atoms with van der Waals surface area (Å²) in [5, 5.41) is 0. The molecule has 0 atom stereocenters. The zero-order chi connectivity index (χ0) is 12.5. The second-order valence-corrected chi connectivity index (χ2v) is 4.91. The second kappa shape index (κ2) is 4.82. The third kappa shape index (κ3) is 2.34. The van der Waals surface area contributed by atoms with Crippen LogP contribution in [0.1, 0.15) is 47.2 Å². The third-order valence-electron chi connectivity index (χ3n) is 3.56. The fourth-order valence-electron chi connectivity index (χ4n) is 1.95. The van der Waals surface area contributed by atoms with Gasteiger partial charge in [-0.1, -0.05) is 0 Å². The zero-order valence-electron chi connectivity index (χ0n) is 11.6. The summed E-state index contributed by atoms with van der Waals surface area (Å²) in [4.78, 5) is 4.50. The Morgan fingerprint density at radius 1 is 0.750 bits per heavy atom. The van der Waals surface area contributed by atoms with E-state index in [2.05, 4.69) is 53.5 Å². The quantitative estimate of drug-likeness (QED) is 0.663. The van der Waals surface area contributed by atoms with Gasteiger partial charge in [-0.3, -0.25) is 4.99 Å². The summed E-state index contributed by atoms with van der Waals surface area (Å²) in [6.07, 6.45) is 2.04. The minimum Gasteiger partial charge on any atom is -0.290 e.